The van der Waals surface area contributed by atoms with Crippen LogP contribution in [-0.2, 0) is 6.54 Å². The molecule has 0 saturated carbocycles. The van der Waals surface area contributed by atoms with Crippen molar-refractivity contribution >= 4 is 44.7 Å². The summed E-state index contributed by atoms with van der Waals surface area (Å²) < 4.78 is 6.66. The number of ether oxygens (including phenoxy) is 1. The third kappa shape index (κ3) is 3.60. The minimum atomic E-state index is 0.543. The summed E-state index contributed by atoms with van der Waals surface area (Å²) in [6, 6.07) is 9.58. The molecule has 0 spiro atoms. The van der Waals surface area contributed by atoms with E-state index in [0.717, 1.165) is 26.3 Å². The fourth-order valence-electron chi connectivity index (χ4n) is 1.92. The van der Waals surface area contributed by atoms with E-state index in [1.54, 1.807) is 18.4 Å². The highest BCUT2D eigenvalue weighted by atomic mass is 79.9. The molecule has 0 aliphatic heterocycles. The van der Waals surface area contributed by atoms with Crippen LogP contribution >= 0.6 is 38.9 Å². The second-order valence-electron chi connectivity index (χ2n) is 4.45. The first-order valence-electron chi connectivity index (χ1n) is 6.39. The van der Waals surface area contributed by atoms with Crippen LogP contribution in [0.25, 0.3) is 11.3 Å². The van der Waals surface area contributed by atoms with E-state index in [9.17, 15) is 0 Å². The molecule has 3 aromatic heterocycles. The average Bonchev–Trinajstić information content (AvgIpc) is 3.13. The lowest BCUT2D eigenvalue weighted by molar-refractivity contribution is 0.397. The van der Waals surface area contributed by atoms with Gasteiger partial charge >= 0.3 is 0 Å². The van der Waals surface area contributed by atoms with Gasteiger partial charge in [0.25, 0.3) is 0 Å². The topological polar surface area (TPSA) is 62.8 Å². The van der Waals surface area contributed by atoms with Crippen LogP contribution in [0.5, 0.6) is 5.88 Å². The Hall–Kier alpha value is -1.57. The molecule has 2 N–H and O–H groups in total. The monoisotopic (exact) mass is 398 g/mol. The van der Waals surface area contributed by atoms with Crippen molar-refractivity contribution in [2.45, 2.75) is 6.54 Å². The molecule has 0 bridgehead atoms. The minimum Gasteiger partial charge on any atom is -0.481 e. The van der Waals surface area contributed by atoms with Crippen molar-refractivity contribution in [3.63, 3.8) is 0 Å². The number of H-pyrrole nitrogens is 1. The highest BCUT2D eigenvalue weighted by molar-refractivity contribution is 9.10. The average molecular weight is 400 g/mol. The first-order chi connectivity index (χ1) is 10.6. The number of thiophene rings is 1. The Balaban J connectivity index is 1.74. The Morgan fingerprint density at radius 2 is 2.23 bits per heavy atom. The molecule has 0 atom stereocenters. The number of aromatic nitrogens is 3. The van der Waals surface area contributed by atoms with Crippen LogP contribution in [0.15, 0.2) is 34.9 Å². The summed E-state index contributed by atoms with van der Waals surface area (Å²) in [5, 5.41) is 10.5. The van der Waals surface area contributed by atoms with E-state index in [1.807, 2.05) is 30.3 Å². The molecule has 0 amide bonds. The molecule has 0 aliphatic rings. The number of pyridine rings is 1. The molecule has 0 saturated heterocycles. The molecule has 0 fully saturated rings. The largest absolute Gasteiger partial charge is 0.481 e. The molecular formula is C14H12BrClN4OS. The van der Waals surface area contributed by atoms with Crippen LogP contribution in [-0.4, -0.2) is 22.3 Å². The molecule has 114 valence electrons. The smallest absolute Gasteiger partial charge is 0.214 e. The van der Waals surface area contributed by atoms with Gasteiger partial charge in [0.2, 0.25) is 5.88 Å². The lowest BCUT2D eigenvalue weighted by Crippen LogP contribution is -1.97. The van der Waals surface area contributed by atoms with Crippen molar-refractivity contribution in [1.82, 2.24) is 15.2 Å². The first-order valence-corrected chi connectivity index (χ1v) is 8.38. The Labute approximate surface area is 144 Å². The molecule has 3 aromatic rings. The minimum absolute atomic E-state index is 0.543. The predicted octanol–water partition coefficient (Wildman–Crippen LogP) is 4.57. The van der Waals surface area contributed by atoms with Crippen molar-refractivity contribution in [2.75, 3.05) is 12.4 Å². The van der Waals surface area contributed by atoms with Gasteiger partial charge in [-0.3, -0.25) is 5.10 Å². The van der Waals surface area contributed by atoms with Crippen LogP contribution in [0.3, 0.4) is 0 Å². The summed E-state index contributed by atoms with van der Waals surface area (Å²) in [4.78, 5) is 5.35. The Morgan fingerprint density at radius 3 is 2.95 bits per heavy atom. The third-order valence-corrected chi connectivity index (χ3v) is 4.58. The number of nitrogens with one attached hydrogen (secondary N) is 2. The Bertz CT molecular complexity index is 789. The van der Waals surface area contributed by atoms with Gasteiger partial charge < -0.3 is 10.1 Å². The van der Waals surface area contributed by atoms with E-state index < -0.39 is 0 Å². The molecule has 0 aromatic carbocycles. The molecule has 5 nitrogen and oxygen atoms in total. The van der Waals surface area contributed by atoms with Gasteiger partial charge in [0.05, 0.1) is 23.7 Å². The summed E-state index contributed by atoms with van der Waals surface area (Å²) in [6.07, 6.45) is 0. The van der Waals surface area contributed by atoms with Crippen molar-refractivity contribution in [3.05, 3.63) is 44.1 Å². The fourth-order valence-corrected chi connectivity index (χ4v) is 3.37. The number of hydrogen-bond acceptors (Lipinski definition) is 5. The van der Waals surface area contributed by atoms with Gasteiger partial charge in [-0.05, 0) is 34.1 Å². The van der Waals surface area contributed by atoms with Gasteiger partial charge in [-0.25, -0.2) is 4.98 Å². The number of rotatable bonds is 5. The quantitative estimate of drug-likeness (QED) is 0.617. The zero-order chi connectivity index (χ0) is 15.5. The SMILES string of the molecule is COc1cc(-c2cc(NCc3ccc(Cl)s3)n[nH]2)cc(Br)n1. The zero-order valence-electron chi connectivity index (χ0n) is 11.6. The number of anilines is 1. The molecule has 8 heteroatoms. The molecule has 3 rings (SSSR count). The molecule has 0 unspecified atom stereocenters. The summed E-state index contributed by atoms with van der Waals surface area (Å²) in [6.45, 7) is 0.686. The van der Waals surface area contributed by atoms with E-state index in [2.05, 4.69) is 36.4 Å². The normalized spacial score (nSPS) is 10.7. The molecular weight excluding hydrogens is 388 g/mol. The lowest BCUT2D eigenvalue weighted by Gasteiger charge is -2.02. The number of halogens is 2. The molecule has 22 heavy (non-hydrogen) atoms. The van der Waals surface area contributed by atoms with Gasteiger partial charge in [0.1, 0.15) is 10.4 Å². The van der Waals surface area contributed by atoms with Crippen LogP contribution in [0.2, 0.25) is 4.34 Å². The summed E-state index contributed by atoms with van der Waals surface area (Å²) in [5.74, 6) is 1.31. The predicted molar refractivity (Wildman–Crippen MR) is 92.7 cm³/mol. The number of nitrogens with zero attached hydrogens (tertiary/aromatic N) is 2. The van der Waals surface area contributed by atoms with Gasteiger partial charge in [0.15, 0.2) is 0 Å². The van der Waals surface area contributed by atoms with Gasteiger partial charge in [-0.1, -0.05) is 11.6 Å². The Morgan fingerprint density at radius 1 is 1.36 bits per heavy atom. The van der Waals surface area contributed by atoms with E-state index in [4.69, 9.17) is 16.3 Å². The molecule has 3 heterocycles. The summed E-state index contributed by atoms with van der Waals surface area (Å²) >= 11 is 10.8. The van der Waals surface area contributed by atoms with E-state index >= 15 is 0 Å². The van der Waals surface area contributed by atoms with E-state index in [1.165, 1.54) is 0 Å². The fraction of sp³-hybridized carbons (Fsp3) is 0.143. The summed E-state index contributed by atoms with van der Waals surface area (Å²) in [5.41, 5.74) is 1.83. The van der Waals surface area contributed by atoms with Crippen molar-refractivity contribution in [1.29, 1.82) is 0 Å². The maximum atomic E-state index is 5.92. The second kappa shape index (κ2) is 6.68. The van der Waals surface area contributed by atoms with Gasteiger partial charge in [0, 0.05) is 22.6 Å². The maximum absolute atomic E-state index is 5.92. The highest BCUT2D eigenvalue weighted by Crippen LogP contribution is 2.27. The van der Waals surface area contributed by atoms with Crippen LogP contribution < -0.4 is 10.1 Å². The van der Waals surface area contributed by atoms with Crippen molar-refractivity contribution in [2.24, 2.45) is 0 Å². The van der Waals surface area contributed by atoms with E-state index in [0.29, 0.717) is 17.0 Å². The second-order valence-corrected chi connectivity index (χ2v) is 7.06. The van der Waals surface area contributed by atoms with Crippen LogP contribution in [0.1, 0.15) is 4.88 Å². The number of methoxy groups -OCH3 is 1. The van der Waals surface area contributed by atoms with Gasteiger partial charge in [-0.2, -0.15) is 5.10 Å². The summed E-state index contributed by atoms with van der Waals surface area (Å²) in [7, 11) is 1.59. The van der Waals surface area contributed by atoms with E-state index in [-0.39, 0.29) is 0 Å². The molecule has 0 radical (unpaired) electrons. The standard InChI is InChI=1S/C14H12BrClN4OS/c1-21-14-5-8(4-11(15)18-14)10-6-13(20-19-10)17-7-9-2-3-12(16)22-9/h2-6H,7H2,1H3,(H2,17,19,20). The third-order valence-electron chi connectivity index (χ3n) is 2.94. The number of aromatic amines is 1. The molecule has 0 aliphatic carbocycles. The highest BCUT2D eigenvalue weighted by Gasteiger charge is 2.08. The first kappa shape index (κ1) is 15.3. The van der Waals surface area contributed by atoms with Crippen LogP contribution in [0, 0.1) is 0 Å². The van der Waals surface area contributed by atoms with Crippen molar-refractivity contribution < 1.29 is 4.74 Å². The Kier molecular flexibility index (Phi) is 4.66. The van der Waals surface area contributed by atoms with Crippen molar-refractivity contribution in [3.8, 4) is 17.1 Å². The number of hydrogen-bond donors (Lipinski definition) is 2. The van der Waals surface area contributed by atoms with Crippen LogP contribution in [0.4, 0.5) is 5.82 Å². The zero-order valence-corrected chi connectivity index (χ0v) is 14.7. The lowest BCUT2D eigenvalue weighted by atomic mass is 10.2. The maximum Gasteiger partial charge on any atom is 0.214 e. The van der Waals surface area contributed by atoms with Gasteiger partial charge in [-0.15, -0.1) is 11.3 Å².